The molecule has 2 saturated heterocycles. The van der Waals surface area contributed by atoms with Gasteiger partial charge in [-0.1, -0.05) is 46.3 Å². The summed E-state index contributed by atoms with van der Waals surface area (Å²) < 4.78 is 23.7. The third kappa shape index (κ3) is 6.43. The first-order valence-electron chi connectivity index (χ1n) is 21.1. The fourth-order valence-corrected chi connectivity index (χ4v) is 13.6. The summed E-state index contributed by atoms with van der Waals surface area (Å²) in [5.74, 6) is -1.26. The lowest BCUT2D eigenvalue weighted by Gasteiger charge is -2.71. The minimum Gasteiger partial charge on any atom is -0.481 e. The first kappa shape index (κ1) is 43.8. The third-order valence-corrected chi connectivity index (χ3v) is 17.7. The van der Waals surface area contributed by atoms with Crippen LogP contribution in [0.4, 0.5) is 0 Å². The Morgan fingerprint density at radius 2 is 1.32 bits per heavy atom. The zero-order valence-corrected chi connectivity index (χ0v) is 34.2. The lowest BCUT2D eigenvalue weighted by molar-refractivity contribution is -0.329. The van der Waals surface area contributed by atoms with Crippen molar-refractivity contribution in [2.45, 2.75) is 173 Å². The maximum atomic E-state index is 13.5. The number of rotatable bonds is 8. The predicted octanol–water partition coefficient (Wildman–Crippen LogP) is 0.825. The van der Waals surface area contributed by atoms with Gasteiger partial charge in [0.1, 0.15) is 48.8 Å². The molecule has 6 fully saturated rings. The molecule has 10 N–H and O–H groups in total. The van der Waals surface area contributed by atoms with E-state index >= 15 is 0 Å². The van der Waals surface area contributed by atoms with Crippen LogP contribution in [0.25, 0.3) is 0 Å². The van der Waals surface area contributed by atoms with Gasteiger partial charge in [-0.2, -0.15) is 0 Å². The number of carboxylic acids is 1. The van der Waals surface area contributed by atoms with Crippen LogP contribution in [0.15, 0.2) is 11.6 Å². The van der Waals surface area contributed by atoms with Crippen molar-refractivity contribution in [1.82, 2.24) is 0 Å². The maximum absolute atomic E-state index is 13.5. The Kier molecular flexibility index (Phi) is 11.5. The highest BCUT2D eigenvalue weighted by Crippen LogP contribution is 2.76. The van der Waals surface area contributed by atoms with Crippen molar-refractivity contribution in [3.63, 3.8) is 0 Å². The fourth-order valence-electron chi connectivity index (χ4n) is 13.6. The van der Waals surface area contributed by atoms with Crippen LogP contribution in [0.2, 0.25) is 0 Å². The van der Waals surface area contributed by atoms with Gasteiger partial charge in [0.2, 0.25) is 0 Å². The number of ether oxygens (including phenoxy) is 4. The van der Waals surface area contributed by atoms with Gasteiger partial charge in [-0.25, -0.2) is 0 Å². The Hall–Kier alpha value is -1.31. The molecule has 326 valence electrons. The van der Waals surface area contributed by atoms with Crippen LogP contribution < -0.4 is 0 Å². The molecule has 0 aromatic heterocycles. The Bertz CT molecular complexity index is 1540. The van der Waals surface area contributed by atoms with Gasteiger partial charge < -0.3 is 70.0 Å². The van der Waals surface area contributed by atoms with E-state index in [2.05, 4.69) is 40.7 Å². The van der Waals surface area contributed by atoms with Crippen LogP contribution in [0.5, 0.6) is 0 Å². The number of fused-ring (bicyclic) bond motifs is 7. The highest BCUT2D eigenvalue weighted by Gasteiger charge is 2.71. The van der Waals surface area contributed by atoms with Crippen molar-refractivity contribution in [3.8, 4) is 0 Å². The lowest BCUT2D eigenvalue weighted by Crippen LogP contribution is -2.68. The van der Waals surface area contributed by atoms with E-state index in [0.717, 1.165) is 25.7 Å². The summed E-state index contributed by atoms with van der Waals surface area (Å²) >= 11 is 0. The summed E-state index contributed by atoms with van der Waals surface area (Å²) in [6, 6.07) is 0. The van der Waals surface area contributed by atoms with Gasteiger partial charge in [-0.15, -0.1) is 0 Å². The molecule has 0 amide bonds. The number of aliphatic hydroxyl groups excluding tert-OH is 9. The second kappa shape index (κ2) is 14.9. The number of aliphatic carboxylic acids is 1. The molecule has 5 aliphatic carbocycles. The minimum atomic E-state index is -1.64. The summed E-state index contributed by atoms with van der Waals surface area (Å²) in [7, 11) is 0. The highest BCUT2D eigenvalue weighted by atomic mass is 16.7. The normalized spacial score (nSPS) is 56.4. The van der Waals surface area contributed by atoms with E-state index in [-0.39, 0.29) is 40.6 Å². The highest BCUT2D eigenvalue weighted by molar-refractivity contribution is 5.76. The molecule has 0 spiro atoms. The van der Waals surface area contributed by atoms with E-state index in [1.165, 1.54) is 5.57 Å². The van der Waals surface area contributed by atoms with Crippen molar-refractivity contribution < 1.29 is 74.8 Å². The van der Waals surface area contributed by atoms with Gasteiger partial charge in [-0.05, 0) is 104 Å². The first-order chi connectivity index (χ1) is 26.6. The van der Waals surface area contributed by atoms with Gasteiger partial charge >= 0.3 is 5.97 Å². The molecule has 7 aliphatic rings. The summed E-state index contributed by atoms with van der Waals surface area (Å²) in [6.07, 6.45) is -7.55. The molecule has 0 radical (unpaired) electrons. The van der Waals surface area contributed by atoms with E-state index in [0.29, 0.717) is 32.1 Å². The molecule has 2 heterocycles. The number of aliphatic hydroxyl groups is 9. The van der Waals surface area contributed by atoms with E-state index in [1.807, 2.05) is 0 Å². The standard InChI is InChI=1S/C42H68O15/c1-37(19-54-34-32(50)30(48)28(46)22(17-43)55-34)13-14-38(2)21(15-37)20-7-8-24-39(3)11-10-27(57-35-33(51)31(49)29(47)23(18-44)56-35)42(6,36(52)53)25(39)9-12-40(24,4)41(20,5)16-26(38)45/h7,21-35,43-51H,8-19H2,1-6H3,(H,52,53). The summed E-state index contributed by atoms with van der Waals surface area (Å²) in [6.45, 7) is 11.9. The quantitative estimate of drug-likeness (QED) is 0.120. The SMILES string of the molecule is CC1(COC2OC(CO)C(O)C(O)C2O)CCC2(C)C(O)CC3(C)C(=CCC4C5(C)CCC(OC6OC(CO)C(O)C(O)C6O)C(C)(C(=O)O)C5CCC43C)C2C1. The monoisotopic (exact) mass is 812 g/mol. The van der Waals surface area contributed by atoms with Gasteiger partial charge in [-0.3, -0.25) is 4.79 Å². The predicted molar refractivity (Wildman–Crippen MR) is 201 cm³/mol. The van der Waals surface area contributed by atoms with Crippen molar-refractivity contribution >= 4 is 5.97 Å². The molecule has 7 rings (SSSR count). The summed E-state index contributed by atoms with van der Waals surface area (Å²) in [4.78, 5) is 13.5. The lowest BCUT2D eigenvalue weighted by atomic mass is 9.33. The molecule has 0 aromatic carbocycles. The molecule has 0 aromatic rings. The van der Waals surface area contributed by atoms with Crippen molar-refractivity contribution in [3.05, 3.63) is 11.6 Å². The zero-order chi connectivity index (χ0) is 41.8. The van der Waals surface area contributed by atoms with E-state index in [4.69, 9.17) is 18.9 Å². The largest absolute Gasteiger partial charge is 0.481 e. The van der Waals surface area contributed by atoms with E-state index < -0.39 is 109 Å². The molecule has 15 heteroatoms. The average molecular weight is 813 g/mol. The summed E-state index contributed by atoms with van der Waals surface area (Å²) in [5, 5.41) is 105. The number of carbonyl (C=O) groups is 1. The number of hydrogen-bond acceptors (Lipinski definition) is 14. The summed E-state index contributed by atoms with van der Waals surface area (Å²) in [5.41, 5.74) is -1.98. The molecule has 57 heavy (non-hydrogen) atoms. The molecule has 15 nitrogen and oxygen atoms in total. The second-order valence-corrected chi connectivity index (χ2v) is 20.5. The third-order valence-electron chi connectivity index (χ3n) is 17.7. The van der Waals surface area contributed by atoms with Gasteiger partial charge in [0.15, 0.2) is 12.6 Å². The molecule has 2 aliphatic heterocycles. The Balaban J connectivity index is 1.15. The smallest absolute Gasteiger partial charge is 0.312 e. The van der Waals surface area contributed by atoms with E-state index in [1.54, 1.807) is 6.92 Å². The topological polar surface area (TPSA) is 256 Å². The van der Waals surface area contributed by atoms with Gasteiger partial charge in [0.05, 0.1) is 37.4 Å². The Morgan fingerprint density at radius 1 is 0.719 bits per heavy atom. The molecule has 4 saturated carbocycles. The van der Waals surface area contributed by atoms with Crippen molar-refractivity contribution in [1.29, 1.82) is 0 Å². The van der Waals surface area contributed by atoms with Gasteiger partial charge in [0, 0.05) is 5.41 Å². The maximum Gasteiger partial charge on any atom is 0.312 e. The number of hydrogen-bond donors (Lipinski definition) is 10. The molecule has 21 unspecified atom stereocenters. The molecule has 0 bridgehead atoms. The number of carboxylic acid groups (broad SMARTS) is 1. The second-order valence-electron chi connectivity index (χ2n) is 20.5. The van der Waals surface area contributed by atoms with Crippen LogP contribution in [-0.4, -0.2) is 150 Å². The Labute approximate surface area is 335 Å². The van der Waals surface area contributed by atoms with Crippen LogP contribution in [0.1, 0.15) is 99.3 Å². The molecule has 21 atom stereocenters. The van der Waals surface area contributed by atoms with Crippen LogP contribution in [-0.2, 0) is 23.7 Å². The van der Waals surface area contributed by atoms with Gasteiger partial charge in [0.25, 0.3) is 0 Å². The van der Waals surface area contributed by atoms with Crippen LogP contribution in [0, 0.1) is 50.2 Å². The minimum absolute atomic E-state index is 0.0127. The fraction of sp³-hybridized carbons (Fsp3) is 0.929. The first-order valence-corrected chi connectivity index (χ1v) is 21.1. The molecular formula is C42H68O15. The Morgan fingerprint density at radius 3 is 1.91 bits per heavy atom. The van der Waals surface area contributed by atoms with Crippen LogP contribution >= 0.6 is 0 Å². The van der Waals surface area contributed by atoms with Crippen LogP contribution in [0.3, 0.4) is 0 Å². The molecular weight excluding hydrogens is 744 g/mol. The van der Waals surface area contributed by atoms with Crippen molar-refractivity contribution in [2.24, 2.45) is 50.2 Å². The van der Waals surface area contributed by atoms with Crippen molar-refractivity contribution in [2.75, 3.05) is 19.8 Å². The van der Waals surface area contributed by atoms with E-state index in [9.17, 15) is 55.9 Å². The zero-order valence-electron chi connectivity index (χ0n) is 34.2. The number of allylic oxidation sites excluding steroid dienone is 2. The average Bonchev–Trinajstić information content (AvgIpc) is 3.16.